The number of alkyl halides is 1. The van der Waals surface area contributed by atoms with E-state index >= 15 is 0 Å². The number of halogens is 1. The molecular weight excluding hydrogens is 244 g/mol. The summed E-state index contributed by atoms with van der Waals surface area (Å²) < 4.78 is 10.7. The first-order valence-corrected chi connectivity index (χ1v) is 8.89. The molecule has 0 unspecified atom stereocenters. The second kappa shape index (κ2) is 6.03. The maximum absolute atomic E-state index is 11.2. The zero-order chi connectivity index (χ0) is 13.0. The molecule has 0 radical (unpaired) electrons. The summed E-state index contributed by atoms with van der Waals surface area (Å²) in [7, 11) is -0.486. The molecule has 0 rings (SSSR count). The van der Waals surface area contributed by atoms with E-state index in [9.17, 15) is 4.79 Å². The maximum atomic E-state index is 11.2. The molecule has 0 aromatic heterocycles. The minimum atomic E-state index is -1.86. The molecule has 0 amide bonds. The van der Waals surface area contributed by atoms with Gasteiger partial charge in [-0.25, -0.2) is 0 Å². The highest BCUT2D eigenvalue weighted by molar-refractivity contribution is 6.74. The molecule has 0 bridgehead atoms. The monoisotopic (exact) mass is 266 g/mol. The first-order valence-electron chi connectivity index (χ1n) is 5.44. The van der Waals surface area contributed by atoms with Gasteiger partial charge in [-0.3, -0.25) is 4.79 Å². The number of hydrogen-bond acceptors (Lipinski definition) is 3. The van der Waals surface area contributed by atoms with E-state index in [1.165, 1.54) is 7.11 Å². The van der Waals surface area contributed by atoms with Crippen LogP contribution in [0.15, 0.2) is 0 Å². The van der Waals surface area contributed by atoms with Crippen LogP contribution < -0.4 is 0 Å². The van der Waals surface area contributed by atoms with E-state index in [1.54, 1.807) is 0 Å². The third-order valence-electron chi connectivity index (χ3n) is 3.06. The second-order valence-electron chi connectivity index (χ2n) is 5.43. The first kappa shape index (κ1) is 15.9. The molecule has 0 fully saturated rings. The Labute approximate surface area is 105 Å². The van der Waals surface area contributed by atoms with Crippen molar-refractivity contribution in [1.29, 1.82) is 0 Å². The molecule has 1 atom stereocenters. The lowest BCUT2D eigenvalue weighted by atomic mass is 10.2. The van der Waals surface area contributed by atoms with Crippen molar-refractivity contribution in [2.75, 3.05) is 13.0 Å². The van der Waals surface area contributed by atoms with Crippen LogP contribution in [0.5, 0.6) is 0 Å². The zero-order valence-electron chi connectivity index (χ0n) is 11.1. The fourth-order valence-electron chi connectivity index (χ4n) is 0.990. The van der Waals surface area contributed by atoms with Gasteiger partial charge in [0.05, 0.1) is 19.6 Å². The number of rotatable bonds is 5. The third-order valence-corrected chi connectivity index (χ3v) is 7.94. The summed E-state index contributed by atoms with van der Waals surface area (Å²) in [5.74, 6) is 0.0473. The molecule has 3 nitrogen and oxygen atoms in total. The van der Waals surface area contributed by atoms with Crippen LogP contribution in [0.3, 0.4) is 0 Å². The van der Waals surface area contributed by atoms with Gasteiger partial charge in [0, 0.05) is 5.88 Å². The Morgan fingerprint density at radius 2 is 1.88 bits per heavy atom. The van der Waals surface area contributed by atoms with Gasteiger partial charge in [0.1, 0.15) is 0 Å². The molecule has 0 aliphatic heterocycles. The Hall–Kier alpha value is -0.0631. The average molecular weight is 267 g/mol. The number of esters is 1. The standard InChI is InChI=1S/C11H23ClO3Si/c1-11(2,3)16(5,6)15-9(8-12)7-10(13)14-4/h9H,7-8H2,1-6H3/t9-/m1/s1. The highest BCUT2D eigenvalue weighted by atomic mass is 35.5. The lowest BCUT2D eigenvalue weighted by Gasteiger charge is -2.38. The van der Waals surface area contributed by atoms with Crippen LogP contribution in [0, 0.1) is 0 Å². The molecule has 0 saturated heterocycles. The molecule has 0 heterocycles. The van der Waals surface area contributed by atoms with E-state index < -0.39 is 8.32 Å². The first-order chi connectivity index (χ1) is 7.14. The number of hydrogen-bond donors (Lipinski definition) is 0. The Bertz CT molecular complexity index is 236. The number of carbonyl (C=O) groups excluding carboxylic acids is 1. The van der Waals surface area contributed by atoms with Crippen molar-refractivity contribution in [1.82, 2.24) is 0 Å². The minimum Gasteiger partial charge on any atom is -0.469 e. The van der Waals surface area contributed by atoms with E-state index in [2.05, 4.69) is 38.6 Å². The average Bonchev–Trinajstić information content (AvgIpc) is 2.14. The van der Waals surface area contributed by atoms with E-state index in [4.69, 9.17) is 16.0 Å². The SMILES string of the molecule is COC(=O)C[C@H](CCl)O[Si](C)(C)C(C)(C)C. The molecule has 0 aliphatic carbocycles. The molecule has 0 aromatic carbocycles. The summed E-state index contributed by atoms with van der Waals surface area (Å²) in [6.45, 7) is 10.8. The van der Waals surface area contributed by atoms with Gasteiger partial charge < -0.3 is 9.16 Å². The Balaban J connectivity index is 4.48. The van der Waals surface area contributed by atoms with E-state index in [-0.39, 0.29) is 23.5 Å². The molecule has 0 spiro atoms. The van der Waals surface area contributed by atoms with Gasteiger partial charge in [0.15, 0.2) is 8.32 Å². The maximum Gasteiger partial charge on any atom is 0.308 e. The molecule has 0 aromatic rings. The Morgan fingerprint density at radius 3 is 2.19 bits per heavy atom. The summed E-state index contributed by atoms with van der Waals surface area (Å²) in [5.41, 5.74) is 0. The summed E-state index contributed by atoms with van der Waals surface area (Å²) in [6.07, 6.45) is -0.0121. The van der Waals surface area contributed by atoms with Crippen LogP contribution in [0.2, 0.25) is 18.1 Å². The van der Waals surface area contributed by atoms with Crippen LogP contribution in [-0.4, -0.2) is 33.4 Å². The fraction of sp³-hybridized carbons (Fsp3) is 0.909. The molecule has 96 valence electrons. The van der Waals surface area contributed by atoms with Crippen molar-refractivity contribution in [3.8, 4) is 0 Å². The molecule has 5 heteroatoms. The van der Waals surface area contributed by atoms with E-state index in [0.717, 1.165) is 0 Å². The van der Waals surface area contributed by atoms with Crippen LogP contribution in [0.1, 0.15) is 27.2 Å². The summed E-state index contributed by atoms with van der Waals surface area (Å²) in [5, 5.41) is 0.118. The minimum absolute atomic E-state index is 0.118. The van der Waals surface area contributed by atoms with Crippen molar-refractivity contribution in [2.24, 2.45) is 0 Å². The lowest BCUT2D eigenvalue weighted by Crippen LogP contribution is -2.45. The largest absolute Gasteiger partial charge is 0.469 e. The topological polar surface area (TPSA) is 35.5 Å². The van der Waals surface area contributed by atoms with Crippen molar-refractivity contribution < 1.29 is 14.0 Å². The van der Waals surface area contributed by atoms with Gasteiger partial charge in [0.25, 0.3) is 0 Å². The van der Waals surface area contributed by atoms with Gasteiger partial charge in [-0.05, 0) is 18.1 Å². The van der Waals surface area contributed by atoms with Gasteiger partial charge in [-0.1, -0.05) is 20.8 Å². The molecule has 0 aliphatic rings. The molecule has 0 N–H and O–H groups in total. The third kappa shape index (κ3) is 4.85. The highest BCUT2D eigenvalue weighted by Gasteiger charge is 2.39. The van der Waals surface area contributed by atoms with Gasteiger partial charge >= 0.3 is 5.97 Å². The number of methoxy groups -OCH3 is 1. The number of carbonyl (C=O) groups is 1. The van der Waals surface area contributed by atoms with E-state index in [1.807, 2.05) is 0 Å². The lowest BCUT2D eigenvalue weighted by molar-refractivity contribution is -0.142. The molecular formula is C11H23ClO3Si. The zero-order valence-corrected chi connectivity index (χ0v) is 12.9. The summed E-state index contributed by atoms with van der Waals surface area (Å²) >= 11 is 5.81. The predicted octanol–water partition coefficient (Wildman–Crippen LogP) is 3.18. The van der Waals surface area contributed by atoms with Gasteiger partial charge in [-0.2, -0.15) is 0 Å². The Morgan fingerprint density at radius 1 is 1.38 bits per heavy atom. The Kier molecular flexibility index (Phi) is 6.01. The highest BCUT2D eigenvalue weighted by Crippen LogP contribution is 2.37. The van der Waals surface area contributed by atoms with E-state index in [0.29, 0.717) is 5.88 Å². The van der Waals surface area contributed by atoms with Gasteiger partial charge in [0.2, 0.25) is 0 Å². The molecule has 16 heavy (non-hydrogen) atoms. The number of ether oxygens (including phenoxy) is 1. The second-order valence-corrected chi connectivity index (χ2v) is 10.5. The van der Waals surface area contributed by atoms with Crippen LogP contribution >= 0.6 is 11.6 Å². The summed E-state index contributed by atoms with van der Waals surface area (Å²) in [4.78, 5) is 11.2. The van der Waals surface area contributed by atoms with Crippen LogP contribution in [-0.2, 0) is 14.0 Å². The van der Waals surface area contributed by atoms with Crippen LogP contribution in [0.4, 0.5) is 0 Å². The van der Waals surface area contributed by atoms with Crippen molar-refractivity contribution in [3.05, 3.63) is 0 Å². The quantitative estimate of drug-likeness (QED) is 0.436. The van der Waals surface area contributed by atoms with Crippen molar-refractivity contribution in [3.63, 3.8) is 0 Å². The van der Waals surface area contributed by atoms with Crippen molar-refractivity contribution in [2.45, 2.75) is 51.4 Å². The normalized spacial score (nSPS) is 14.7. The fourth-order valence-corrected chi connectivity index (χ4v) is 2.62. The smallest absolute Gasteiger partial charge is 0.308 e. The predicted molar refractivity (Wildman–Crippen MR) is 69.4 cm³/mol. The van der Waals surface area contributed by atoms with Gasteiger partial charge in [-0.15, -0.1) is 11.6 Å². The summed E-state index contributed by atoms with van der Waals surface area (Å²) in [6, 6.07) is 0. The molecule has 0 saturated carbocycles. The van der Waals surface area contributed by atoms with Crippen molar-refractivity contribution >= 4 is 25.9 Å². The van der Waals surface area contributed by atoms with Crippen LogP contribution in [0.25, 0.3) is 0 Å².